The normalized spacial score (nSPS) is 23.6. The molecule has 2 bridgehead atoms. The third-order valence-electron chi connectivity index (χ3n) is 22.4. The van der Waals surface area contributed by atoms with Crippen molar-refractivity contribution in [1.82, 2.24) is 10.6 Å². The number of esters is 4. The molecule has 3 aliphatic carbocycles. The van der Waals surface area contributed by atoms with E-state index in [0.717, 1.165) is 77.6 Å². The van der Waals surface area contributed by atoms with Crippen LogP contribution in [0.5, 0.6) is 0 Å². The van der Waals surface area contributed by atoms with Gasteiger partial charge in [0.25, 0.3) is 5.91 Å². The van der Waals surface area contributed by atoms with Crippen LogP contribution in [0, 0.1) is 22.7 Å². The van der Waals surface area contributed by atoms with Crippen molar-refractivity contribution < 1.29 is 91.3 Å². The molecule has 4 N–H and O–H groups in total. The van der Waals surface area contributed by atoms with Crippen molar-refractivity contribution >= 4 is 53.0 Å². The van der Waals surface area contributed by atoms with Gasteiger partial charge in [0.05, 0.1) is 56.6 Å². The van der Waals surface area contributed by atoms with Crippen molar-refractivity contribution in [2.75, 3.05) is 52.8 Å². The number of aliphatic hydroxyl groups is 2. The summed E-state index contributed by atoms with van der Waals surface area (Å²) in [5, 5.41) is 32.3. The number of nitrogens with one attached hydrogen (secondary N) is 2. The van der Waals surface area contributed by atoms with Gasteiger partial charge in [-0.1, -0.05) is 151 Å². The predicted octanol–water partition coefficient (Wildman–Crippen LogP) is 14.7. The monoisotopic (exact) mass is 1530 g/mol. The molecule has 3 aromatic carbocycles. The first-order chi connectivity index (χ1) is 52.9. The summed E-state index contributed by atoms with van der Waals surface area (Å²) >= 11 is 0. The van der Waals surface area contributed by atoms with Gasteiger partial charge in [-0.15, -0.1) is 0 Å². The van der Waals surface area contributed by atoms with Crippen molar-refractivity contribution in [1.29, 1.82) is 0 Å². The third-order valence-corrected chi connectivity index (χ3v) is 22.4. The van der Waals surface area contributed by atoms with Crippen LogP contribution >= 0.6 is 0 Å². The molecule has 1 saturated heterocycles. The summed E-state index contributed by atoms with van der Waals surface area (Å²) in [7, 11) is 0. The second kappa shape index (κ2) is 43.6. The SMILES string of the molecule is CC(=O)O[C@H]1C(=O)[C@@]2(C)[C@H](C(CC(=O)c3ccccc3)[C@]3(O)CC(OC(=O)C(OC(=O)CCC(=O)NCCCOCCOCCOCCCCC(=O)CC/C(C)=C/CC/C(C)=C/CC/C=C(\C)CC/C=C(\C)CCC=C(C)C)[C@@H](NC(=O)c4ccccc4)c4ccccc4)C(C)=C1C3(C)C)[C@]1(OC(C)=O)CO[C@@H]1C[C@@H]2O. The minimum Gasteiger partial charge on any atom is -0.455 e. The van der Waals surface area contributed by atoms with Crippen LogP contribution in [0.2, 0.25) is 0 Å². The van der Waals surface area contributed by atoms with Crippen LogP contribution in [0.3, 0.4) is 0 Å². The van der Waals surface area contributed by atoms with Gasteiger partial charge in [-0.2, -0.15) is 0 Å². The predicted molar refractivity (Wildman–Crippen MR) is 424 cm³/mol. The van der Waals surface area contributed by atoms with Gasteiger partial charge >= 0.3 is 23.9 Å². The van der Waals surface area contributed by atoms with E-state index >= 15 is 9.59 Å². The molecule has 0 radical (unpaired) electrons. The van der Waals surface area contributed by atoms with Gasteiger partial charge in [0.15, 0.2) is 23.3 Å². The summed E-state index contributed by atoms with van der Waals surface area (Å²) in [5.41, 5.74) is 0.161. The number of aliphatic hydroxyl groups excluding tert-OH is 1. The van der Waals surface area contributed by atoms with Gasteiger partial charge < -0.3 is 58.7 Å². The number of fused-ring (bicyclic) bond motifs is 5. The molecule has 3 unspecified atom stereocenters. The molecule has 7 rings (SSSR count). The second-order valence-corrected chi connectivity index (χ2v) is 31.4. The molecule has 1 aliphatic heterocycles. The van der Waals surface area contributed by atoms with E-state index in [9.17, 15) is 43.8 Å². The molecule has 3 aromatic rings. The van der Waals surface area contributed by atoms with E-state index in [4.69, 9.17) is 37.9 Å². The summed E-state index contributed by atoms with van der Waals surface area (Å²) in [4.78, 5) is 128. The Balaban J connectivity index is 0.891. The Labute approximate surface area is 657 Å². The van der Waals surface area contributed by atoms with Gasteiger partial charge in [-0.3, -0.25) is 38.4 Å². The van der Waals surface area contributed by atoms with Crippen molar-refractivity contribution in [2.45, 2.75) is 253 Å². The number of unbranched alkanes of at least 4 members (excludes halogenated alkanes) is 2. The zero-order chi connectivity index (χ0) is 80.9. The lowest BCUT2D eigenvalue weighted by Gasteiger charge is -2.68. The number of benzene rings is 3. The topological polar surface area (TPSA) is 292 Å². The quantitative estimate of drug-likeness (QED) is 0.0134. The van der Waals surface area contributed by atoms with Gasteiger partial charge in [0.1, 0.15) is 24.0 Å². The van der Waals surface area contributed by atoms with Crippen molar-refractivity contribution in [3.8, 4) is 0 Å². The zero-order valence-electron chi connectivity index (χ0n) is 67.6. The number of carbonyl (C=O) groups excluding carboxylic acids is 9. The van der Waals surface area contributed by atoms with Gasteiger partial charge in [-0.05, 0) is 161 Å². The Morgan fingerprint density at radius 1 is 0.604 bits per heavy atom. The smallest absolute Gasteiger partial charge is 0.350 e. The van der Waals surface area contributed by atoms with Crippen molar-refractivity contribution in [3.63, 3.8) is 0 Å². The highest BCUT2D eigenvalue weighted by atomic mass is 16.6. The Hall–Kier alpha value is -8.31. The molecule has 11 atom stereocenters. The van der Waals surface area contributed by atoms with Gasteiger partial charge in [-0.25, -0.2) is 4.79 Å². The largest absolute Gasteiger partial charge is 0.455 e. The summed E-state index contributed by atoms with van der Waals surface area (Å²) in [5.74, 6) is -9.01. The van der Waals surface area contributed by atoms with Crippen molar-refractivity contribution in [2.24, 2.45) is 22.7 Å². The lowest BCUT2D eigenvalue weighted by atomic mass is 9.42. The highest BCUT2D eigenvalue weighted by Crippen LogP contribution is 2.66. The Bertz CT molecular complexity index is 3830. The van der Waals surface area contributed by atoms with Crippen LogP contribution in [-0.2, 0) is 71.5 Å². The maximum Gasteiger partial charge on any atom is 0.350 e. The number of ketones is 3. The Morgan fingerprint density at radius 2 is 1.14 bits per heavy atom. The van der Waals surface area contributed by atoms with Crippen LogP contribution in [0.25, 0.3) is 0 Å². The fourth-order valence-corrected chi connectivity index (χ4v) is 16.1. The standard InChI is InChI=1S/C90H122N2O19/c1-60(2)30-26-33-63(5)36-27-34-61(3)31-22-23-32-62(4)35-28-37-64(6)45-46-71(95)44-24-25-50-104-52-54-106-55-53-105-51-29-49-91-77(98)47-48-78(99)110-82(80(69-40-18-14-19-41-69)92-85(101)70-42-20-15-21-43-70)86(102)109-74-58-90(103)72(56-73(96)68-38-16-13-17-39-68)83-88(12,75(97)57-76-89(83,59-107-76)111-67(9)94)84(100)81(108-66(8)93)79(65(74)7)87(90,10)11/h13-21,30-32,36-43,72,74-76,80-83,97,103H,22-29,33-35,44-59H2,1-12H3,(H,91,98)(H,92,101)/b61-31+,62-32+,63-36+,64-37+/t72?,74?,75-,76+,80-,81+,82?,83-,88+,89-,90+/m0/s1. The van der Waals surface area contributed by atoms with Crippen LogP contribution < -0.4 is 10.6 Å². The lowest BCUT2D eigenvalue weighted by Crippen LogP contribution is -2.80. The van der Waals surface area contributed by atoms with Gasteiger partial charge in [0, 0.05) is 101 Å². The van der Waals surface area contributed by atoms with E-state index in [0.29, 0.717) is 64.5 Å². The van der Waals surface area contributed by atoms with Gasteiger partial charge in [0.2, 0.25) is 12.0 Å². The molecule has 0 aromatic heterocycles. The average Bonchev–Trinajstić information content (AvgIpc) is 0.668. The Kier molecular flexibility index (Phi) is 35.3. The van der Waals surface area contributed by atoms with Crippen LogP contribution in [-0.4, -0.2) is 158 Å². The van der Waals surface area contributed by atoms with E-state index in [1.807, 2.05) is 0 Å². The molecule has 111 heavy (non-hydrogen) atoms. The number of hydrogen-bond acceptors (Lipinski definition) is 19. The molecule has 3 fully saturated rings. The summed E-state index contributed by atoms with van der Waals surface area (Å²) < 4.78 is 48.0. The lowest BCUT2D eigenvalue weighted by molar-refractivity contribution is -0.339. The Morgan fingerprint density at radius 3 is 1.70 bits per heavy atom. The first-order valence-corrected chi connectivity index (χ1v) is 39.7. The molecule has 0 spiro atoms. The number of rotatable bonds is 45. The summed E-state index contributed by atoms with van der Waals surface area (Å²) in [6.45, 7) is 23.8. The molecular formula is C90H122N2O19. The highest BCUT2D eigenvalue weighted by Gasteiger charge is 2.77. The second-order valence-electron chi connectivity index (χ2n) is 31.4. The number of hydrogen-bond donors (Lipinski definition) is 4. The molecule has 1 heterocycles. The maximum absolute atomic E-state index is 16.0. The first kappa shape index (κ1) is 89.9. The highest BCUT2D eigenvalue weighted by molar-refractivity contribution is 5.98. The van der Waals surface area contributed by atoms with E-state index in [2.05, 4.69) is 82.6 Å². The fourth-order valence-electron chi connectivity index (χ4n) is 16.1. The summed E-state index contributed by atoms with van der Waals surface area (Å²) in [6.07, 6.45) is 14.0. The summed E-state index contributed by atoms with van der Waals surface area (Å²) in [6, 6.07) is 23.1. The third kappa shape index (κ3) is 25.3. The van der Waals surface area contributed by atoms with E-state index < -0.39 is 137 Å². The molecule has 2 saturated carbocycles. The molecule has 606 valence electrons. The number of amides is 2. The number of allylic oxidation sites excluding steroid dienone is 10. The van der Waals surface area contributed by atoms with E-state index in [1.54, 1.807) is 105 Å². The maximum atomic E-state index is 16.0. The van der Waals surface area contributed by atoms with Crippen molar-refractivity contribution in [3.05, 3.63) is 177 Å². The molecular weight excluding hydrogens is 1410 g/mol. The minimum atomic E-state index is -2.30. The average molecular weight is 1540 g/mol. The number of ether oxygens (including phenoxy) is 8. The minimum absolute atomic E-state index is 0.00481. The molecule has 4 aliphatic rings. The van der Waals surface area contributed by atoms with Crippen LogP contribution in [0.15, 0.2) is 160 Å². The fraction of sp³-hybridized carbons (Fsp3) is 0.567. The zero-order valence-corrected chi connectivity index (χ0v) is 67.6. The number of Topliss-reactive ketones (excluding diaryl/α,β-unsaturated/α-hetero) is 3. The molecule has 2 amide bonds. The van der Waals surface area contributed by atoms with E-state index in [1.165, 1.54) is 48.6 Å². The van der Waals surface area contributed by atoms with Crippen LogP contribution in [0.4, 0.5) is 0 Å². The molecule has 21 heteroatoms. The van der Waals surface area contributed by atoms with E-state index in [-0.39, 0.29) is 54.0 Å². The molecule has 21 nitrogen and oxygen atoms in total. The first-order valence-electron chi connectivity index (χ1n) is 39.7. The number of carbonyl (C=O) groups is 9. The van der Waals surface area contributed by atoms with Crippen LogP contribution in [0.1, 0.15) is 237 Å².